The number of thioether (sulfide) groups is 1. The van der Waals surface area contributed by atoms with Crippen LogP contribution in [-0.4, -0.2) is 23.6 Å². The highest BCUT2D eigenvalue weighted by Crippen LogP contribution is 2.42. The zero-order valence-electron chi connectivity index (χ0n) is 11.4. The van der Waals surface area contributed by atoms with Crippen LogP contribution in [0.4, 0.5) is 0 Å². The van der Waals surface area contributed by atoms with Gasteiger partial charge in [0.2, 0.25) is 0 Å². The van der Waals surface area contributed by atoms with Gasteiger partial charge in [-0.15, -0.1) is 0 Å². The van der Waals surface area contributed by atoms with Crippen LogP contribution < -0.4 is 5.32 Å². The third-order valence-electron chi connectivity index (χ3n) is 4.08. The van der Waals surface area contributed by atoms with Crippen molar-refractivity contribution in [2.45, 2.75) is 44.7 Å². The van der Waals surface area contributed by atoms with Gasteiger partial charge in [-0.1, -0.05) is 44.2 Å². The number of rotatable bonds is 3. The highest BCUT2D eigenvalue weighted by molar-refractivity contribution is 7.99. The van der Waals surface area contributed by atoms with E-state index >= 15 is 0 Å². The predicted octanol–water partition coefficient (Wildman–Crippen LogP) is 3.66. The fourth-order valence-electron chi connectivity index (χ4n) is 3.12. The van der Waals surface area contributed by atoms with Crippen molar-refractivity contribution in [1.82, 2.24) is 5.32 Å². The molecule has 18 heavy (non-hydrogen) atoms. The Labute approximate surface area is 115 Å². The highest BCUT2D eigenvalue weighted by atomic mass is 32.2. The van der Waals surface area contributed by atoms with E-state index in [4.69, 9.17) is 0 Å². The maximum absolute atomic E-state index is 3.88. The van der Waals surface area contributed by atoms with Crippen LogP contribution in [0.2, 0.25) is 0 Å². The summed E-state index contributed by atoms with van der Waals surface area (Å²) < 4.78 is 0. The molecule has 1 aliphatic heterocycles. The molecule has 3 unspecified atom stereocenters. The van der Waals surface area contributed by atoms with Crippen molar-refractivity contribution in [3.05, 3.63) is 35.9 Å². The molecule has 1 aliphatic carbocycles. The van der Waals surface area contributed by atoms with Crippen molar-refractivity contribution < 1.29 is 0 Å². The molecule has 2 aliphatic rings. The Kier molecular flexibility index (Phi) is 3.42. The van der Waals surface area contributed by atoms with Crippen molar-refractivity contribution in [3.8, 4) is 0 Å². The normalized spacial score (nSPS) is 34.2. The van der Waals surface area contributed by atoms with Crippen LogP contribution in [0.5, 0.6) is 0 Å². The summed E-state index contributed by atoms with van der Waals surface area (Å²) in [5.41, 5.74) is 2.02. The van der Waals surface area contributed by atoms with Crippen LogP contribution in [0.3, 0.4) is 0 Å². The summed E-state index contributed by atoms with van der Waals surface area (Å²) in [4.78, 5) is 0. The fraction of sp³-hybridized carbons (Fsp3) is 0.625. The molecule has 1 N–H and O–H groups in total. The molecule has 1 aromatic rings. The molecule has 1 saturated heterocycles. The number of hydrogen-bond acceptors (Lipinski definition) is 2. The van der Waals surface area contributed by atoms with Crippen molar-refractivity contribution in [2.75, 3.05) is 11.5 Å². The van der Waals surface area contributed by atoms with Crippen molar-refractivity contribution in [1.29, 1.82) is 0 Å². The minimum Gasteiger partial charge on any atom is -0.310 e. The Morgan fingerprint density at radius 2 is 2.00 bits per heavy atom. The molecule has 3 atom stereocenters. The Morgan fingerprint density at radius 1 is 1.22 bits per heavy atom. The first kappa shape index (κ1) is 12.6. The minimum atomic E-state index is 0.512. The molecule has 2 fully saturated rings. The highest BCUT2D eigenvalue weighted by Gasteiger charge is 2.40. The third kappa shape index (κ3) is 2.92. The average Bonchev–Trinajstić information content (AvgIpc) is 3.08. The minimum absolute atomic E-state index is 0.512. The van der Waals surface area contributed by atoms with Gasteiger partial charge in [0.15, 0.2) is 0 Å². The molecule has 1 nitrogen and oxygen atoms in total. The molecular formula is C16H23NS. The molecule has 0 aromatic heterocycles. The van der Waals surface area contributed by atoms with Gasteiger partial charge in [0.05, 0.1) is 0 Å². The molecule has 0 spiro atoms. The average molecular weight is 261 g/mol. The van der Waals surface area contributed by atoms with Crippen LogP contribution in [-0.2, 0) is 0 Å². The topological polar surface area (TPSA) is 12.0 Å². The second kappa shape index (κ2) is 4.90. The summed E-state index contributed by atoms with van der Waals surface area (Å²) in [6.45, 7) is 4.80. The molecule has 0 radical (unpaired) electrons. The zero-order valence-corrected chi connectivity index (χ0v) is 12.2. The van der Waals surface area contributed by atoms with Crippen LogP contribution in [0.1, 0.15) is 38.2 Å². The summed E-state index contributed by atoms with van der Waals surface area (Å²) in [7, 11) is 0. The standard InChI is InChI=1S/C16H23NS/c1-16(2)9-13(10-18-11-16)17-15-8-14(15)12-6-4-3-5-7-12/h3-7,13-15,17H,8-11H2,1-2H3. The first-order valence-electron chi connectivity index (χ1n) is 7.03. The summed E-state index contributed by atoms with van der Waals surface area (Å²) in [6, 6.07) is 12.4. The van der Waals surface area contributed by atoms with Crippen LogP contribution >= 0.6 is 11.8 Å². The molecule has 1 saturated carbocycles. The summed E-state index contributed by atoms with van der Waals surface area (Å²) in [5.74, 6) is 3.38. The SMILES string of the molecule is CC1(C)CSCC(NC2CC2c2ccccc2)C1. The van der Waals surface area contributed by atoms with Crippen LogP contribution in [0.15, 0.2) is 30.3 Å². The van der Waals surface area contributed by atoms with Gasteiger partial charge in [0.25, 0.3) is 0 Å². The first-order chi connectivity index (χ1) is 8.64. The van der Waals surface area contributed by atoms with E-state index in [2.05, 4.69) is 61.3 Å². The van der Waals surface area contributed by atoms with Crippen molar-refractivity contribution in [3.63, 3.8) is 0 Å². The molecule has 98 valence electrons. The van der Waals surface area contributed by atoms with Crippen molar-refractivity contribution in [2.24, 2.45) is 5.41 Å². The maximum atomic E-state index is 3.88. The van der Waals surface area contributed by atoms with E-state index in [1.807, 2.05) is 0 Å². The summed E-state index contributed by atoms with van der Waals surface area (Å²) in [5, 5.41) is 3.88. The molecule has 0 amide bonds. The van der Waals surface area contributed by atoms with Crippen LogP contribution in [0, 0.1) is 5.41 Å². The zero-order chi connectivity index (χ0) is 12.6. The Hall–Kier alpha value is -0.470. The maximum Gasteiger partial charge on any atom is 0.0166 e. The lowest BCUT2D eigenvalue weighted by Crippen LogP contribution is -2.41. The number of nitrogens with one attached hydrogen (secondary N) is 1. The predicted molar refractivity (Wildman–Crippen MR) is 80.2 cm³/mol. The summed E-state index contributed by atoms with van der Waals surface area (Å²) >= 11 is 2.11. The number of benzene rings is 1. The Balaban J connectivity index is 1.54. The van der Waals surface area contributed by atoms with E-state index in [0.29, 0.717) is 5.41 Å². The van der Waals surface area contributed by atoms with E-state index in [1.165, 1.54) is 29.9 Å². The Bertz CT molecular complexity index is 401. The fourth-order valence-corrected chi connectivity index (χ4v) is 4.41. The van der Waals surface area contributed by atoms with Gasteiger partial charge in [-0.05, 0) is 29.6 Å². The molecular weight excluding hydrogens is 238 g/mol. The van der Waals surface area contributed by atoms with E-state index in [1.54, 1.807) is 0 Å². The van der Waals surface area contributed by atoms with Gasteiger partial charge < -0.3 is 5.32 Å². The molecule has 3 rings (SSSR count). The quantitative estimate of drug-likeness (QED) is 0.891. The second-order valence-corrected chi connectivity index (χ2v) is 7.64. The van der Waals surface area contributed by atoms with E-state index in [-0.39, 0.29) is 0 Å². The summed E-state index contributed by atoms with van der Waals surface area (Å²) in [6.07, 6.45) is 2.66. The second-order valence-electron chi connectivity index (χ2n) is 6.61. The van der Waals surface area contributed by atoms with Crippen molar-refractivity contribution >= 4 is 11.8 Å². The van der Waals surface area contributed by atoms with Gasteiger partial charge in [-0.3, -0.25) is 0 Å². The van der Waals surface area contributed by atoms with Gasteiger partial charge in [0.1, 0.15) is 0 Å². The lowest BCUT2D eigenvalue weighted by Gasteiger charge is -2.35. The third-order valence-corrected chi connectivity index (χ3v) is 5.70. The first-order valence-corrected chi connectivity index (χ1v) is 8.18. The molecule has 1 aromatic carbocycles. The van der Waals surface area contributed by atoms with Gasteiger partial charge in [0, 0.05) is 23.8 Å². The van der Waals surface area contributed by atoms with Gasteiger partial charge >= 0.3 is 0 Å². The molecule has 1 heterocycles. The lowest BCUT2D eigenvalue weighted by atomic mass is 9.88. The lowest BCUT2D eigenvalue weighted by molar-refractivity contribution is 0.316. The smallest absolute Gasteiger partial charge is 0.0166 e. The monoisotopic (exact) mass is 261 g/mol. The Morgan fingerprint density at radius 3 is 2.72 bits per heavy atom. The van der Waals surface area contributed by atoms with E-state index in [0.717, 1.165) is 18.0 Å². The van der Waals surface area contributed by atoms with Crippen LogP contribution in [0.25, 0.3) is 0 Å². The van der Waals surface area contributed by atoms with Gasteiger partial charge in [-0.2, -0.15) is 11.8 Å². The largest absolute Gasteiger partial charge is 0.310 e. The van der Waals surface area contributed by atoms with Gasteiger partial charge in [-0.25, -0.2) is 0 Å². The molecule has 0 bridgehead atoms. The number of hydrogen-bond donors (Lipinski definition) is 1. The molecule has 2 heteroatoms. The van der Waals surface area contributed by atoms with E-state index in [9.17, 15) is 0 Å². The van der Waals surface area contributed by atoms with E-state index < -0.39 is 0 Å².